The van der Waals surface area contributed by atoms with Crippen LogP contribution in [-0.2, 0) is 9.84 Å². The number of aromatic nitrogens is 1. The lowest BCUT2D eigenvalue weighted by atomic mass is 9.92. The van der Waals surface area contributed by atoms with Gasteiger partial charge in [-0.2, -0.15) is 0 Å². The number of hydrogen-bond acceptors (Lipinski definition) is 5. The van der Waals surface area contributed by atoms with E-state index in [2.05, 4.69) is 36.0 Å². The van der Waals surface area contributed by atoms with Gasteiger partial charge in [0.15, 0.2) is 9.84 Å². The minimum Gasteiger partial charge on any atom is -0.365 e. The van der Waals surface area contributed by atoms with Crippen LogP contribution in [0.4, 0.5) is 5.82 Å². The highest BCUT2D eigenvalue weighted by atomic mass is 32.2. The van der Waals surface area contributed by atoms with E-state index in [1.54, 1.807) is 18.3 Å². The smallest absolute Gasteiger partial charge is 0.179 e. The Kier molecular flexibility index (Phi) is 5.45. The first-order valence-electron chi connectivity index (χ1n) is 7.89. The van der Waals surface area contributed by atoms with E-state index in [1.807, 2.05) is 0 Å². The van der Waals surface area contributed by atoms with Crippen molar-refractivity contribution >= 4 is 15.7 Å². The highest BCUT2D eigenvalue weighted by Crippen LogP contribution is 2.22. The lowest BCUT2D eigenvalue weighted by Crippen LogP contribution is -2.43. The minimum atomic E-state index is -3.27. The summed E-state index contributed by atoms with van der Waals surface area (Å²) in [6.45, 7) is 9.77. The Bertz CT molecular complexity index is 593. The summed E-state index contributed by atoms with van der Waals surface area (Å²) in [5.41, 5.74) is 0. The van der Waals surface area contributed by atoms with E-state index in [0.29, 0.717) is 5.82 Å². The summed E-state index contributed by atoms with van der Waals surface area (Å²) < 4.78 is 23.6. The van der Waals surface area contributed by atoms with Crippen molar-refractivity contribution in [2.75, 3.05) is 31.2 Å². The molecular weight excluding hydrogens is 298 g/mol. The van der Waals surface area contributed by atoms with Crippen LogP contribution in [0.2, 0.25) is 0 Å². The number of pyridine rings is 1. The summed E-state index contributed by atoms with van der Waals surface area (Å²) >= 11 is 0. The van der Waals surface area contributed by atoms with Crippen LogP contribution >= 0.6 is 0 Å². The maximum atomic E-state index is 11.8. The van der Waals surface area contributed by atoms with E-state index in [9.17, 15) is 8.42 Å². The molecule has 3 atom stereocenters. The first-order valence-corrected chi connectivity index (χ1v) is 9.78. The maximum Gasteiger partial charge on any atom is 0.179 e. The average Bonchev–Trinajstić information content (AvgIpc) is 2.36. The number of nitrogens with one attached hydrogen (secondary N) is 1. The second-order valence-corrected chi connectivity index (χ2v) is 8.82. The second-order valence-electron chi connectivity index (χ2n) is 6.83. The van der Waals surface area contributed by atoms with Gasteiger partial charge in [-0.3, -0.25) is 0 Å². The van der Waals surface area contributed by atoms with Crippen LogP contribution in [0.1, 0.15) is 27.2 Å². The molecule has 124 valence electrons. The lowest BCUT2D eigenvalue weighted by molar-refractivity contribution is 0.138. The first-order chi connectivity index (χ1) is 10.3. The third-order valence-electron chi connectivity index (χ3n) is 4.03. The Labute approximate surface area is 134 Å². The standard InChI is InChI=1S/C16H27N3O2S/c1-12-8-13(2)10-19(9-12)11-14(3)18-16-15(22(4,20)21)6-5-7-17-16/h5-7,12-14H,8-11H2,1-4H3,(H,17,18). The van der Waals surface area contributed by atoms with Crippen molar-refractivity contribution in [1.82, 2.24) is 9.88 Å². The lowest BCUT2D eigenvalue weighted by Gasteiger charge is -2.36. The van der Waals surface area contributed by atoms with E-state index in [-0.39, 0.29) is 10.9 Å². The fourth-order valence-corrected chi connectivity index (χ4v) is 4.19. The van der Waals surface area contributed by atoms with E-state index in [1.165, 1.54) is 12.7 Å². The highest BCUT2D eigenvalue weighted by Gasteiger charge is 2.23. The molecule has 0 saturated carbocycles. The molecule has 2 rings (SSSR count). The fraction of sp³-hybridized carbons (Fsp3) is 0.688. The van der Waals surface area contributed by atoms with Gasteiger partial charge in [0.1, 0.15) is 10.7 Å². The van der Waals surface area contributed by atoms with Gasteiger partial charge in [0.05, 0.1) is 0 Å². The molecule has 0 aliphatic carbocycles. The zero-order valence-electron chi connectivity index (χ0n) is 13.9. The summed E-state index contributed by atoms with van der Waals surface area (Å²) in [6, 6.07) is 3.40. The molecule has 0 aromatic carbocycles. The average molecular weight is 325 g/mol. The minimum absolute atomic E-state index is 0.146. The van der Waals surface area contributed by atoms with Gasteiger partial charge in [0, 0.05) is 38.1 Å². The molecule has 1 fully saturated rings. The maximum absolute atomic E-state index is 11.8. The molecule has 5 nitrogen and oxygen atoms in total. The SMILES string of the molecule is CC1CC(C)CN(CC(C)Nc2ncccc2S(C)(=O)=O)C1. The third kappa shape index (κ3) is 4.68. The molecular formula is C16H27N3O2S. The topological polar surface area (TPSA) is 62.3 Å². The summed E-state index contributed by atoms with van der Waals surface area (Å²) in [7, 11) is -3.27. The normalized spacial score (nSPS) is 24.9. The van der Waals surface area contributed by atoms with Gasteiger partial charge in [-0.05, 0) is 37.3 Å². The van der Waals surface area contributed by atoms with Gasteiger partial charge >= 0.3 is 0 Å². The molecule has 1 saturated heterocycles. The molecule has 1 aliphatic rings. The van der Waals surface area contributed by atoms with Crippen molar-refractivity contribution in [3.63, 3.8) is 0 Å². The molecule has 0 bridgehead atoms. The Balaban J connectivity index is 2.02. The van der Waals surface area contributed by atoms with Crippen LogP contribution in [0.25, 0.3) is 0 Å². The summed E-state index contributed by atoms with van der Waals surface area (Å²) in [5, 5.41) is 3.26. The predicted octanol–water partition coefficient (Wildman–Crippen LogP) is 2.26. The summed E-state index contributed by atoms with van der Waals surface area (Å²) in [4.78, 5) is 6.92. The number of nitrogens with zero attached hydrogens (tertiary/aromatic N) is 2. The fourth-order valence-electron chi connectivity index (χ4n) is 3.41. The van der Waals surface area contributed by atoms with Crippen molar-refractivity contribution in [2.45, 2.75) is 38.1 Å². The van der Waals surface area contributed by atoms with Crippen molar-refractivity contribution in [1.29, 1.82) is 0 Å². The monoisotopic (exact) mass is 325 g/mol. The van der Waals surface area contributed by atoms with Gasteiger partial charge in [-0.25, -0.2) is 13.4 Å². The van der Waals surface area contributed by atoms with Crippen LogP contribution in [0.15, 0.2) is 23.2 Å². The molecule has 1 aromatic rings. The largest absolute Gasteiger partial charge is 0.365 e. The summed E-state index contributed by atoms with van der Waals surface area (Å²) in [5.74, 6) is 1.89. The van der Waals surface area contributed by atoms with E-state index in [0.717, 1.165) is 31.5 Å². The van der Waals surface area contributed by atoms with Crippen LogP contribution < -0.4 is 5.32 Å². The van der Waals surface area contributed by atoms with E-state index >= 15 is 0 Å². The Morgan fingerprint density at radius 3 is 2.59 bits per heavy atom. The third-order valence-corrected chi connectivity index (χ3v) is 5.16. The molecule has 2 heterocycles. The zero-order chi connectivity index (χ0) is 16.3. The Hall–Kier alpha value is -1.14. The van der Waals surface area contributed by atoms with Crippen molar-refractivity contribution in [2.24, 2.45) is 11.8 Å². The number of sulfone groups is 1. The van der Waals surface area contributed by atoms with Crippen LogP contribution in [-0.4, -0.2) is 50.2 Å². The Morgan fingerprint density at radius 2 is 2.00 bits per heavy atom. The highest BCUT2D eigenvalue weighted by molar-refractivity contribution is 7.90. The number of likely N-dealkylation sites (tertiary alicyclic amines) is 1. The number of hydrogen-bond donors (Lipinski definition) is 1. The van der Waals surface area contributed by atoms with Gasteiger partial charge in [0.25, 0.3) is 0 Å². The van der Waals surface area contributed by atoms with Crippen molar-refractivity contribution < 1.29 is 8.42 Å². The molecule has 3 unspecified atom stereocenters. The van der Waals surface area contributed by atoms with Crippen LogP contribution in [0.3, 0.4) is 0 Å². The second kappa shape index (κ2) is 6.96. The number of piperidine rings is 1. The predicted molar refractivity (Wildman–Crippen MR) is 89.8 cm³/mol. The number of rotatable bonds is 5. The van der Waals surface area contributed by atoms with Crippen LogP contribution in [0.5, 0.6) is 0 Å². The molecule has 1 aromatic heterocycles. The molecule has 1 aliphatic heterocycles. The summed E-state index contributed by atoms with van der Waals surface area (Å²) in [6.07, 6.45) is 4.12. The quantitative estimate of drug-likeness (QED) is 0.900. The van der Waals surface area contributed by atoms with Crippen molar-refractivity contribution in [3.8, 4) is 0 Å². The molecule has 6 heteroatoms. The first kappa shape index (κ1) is 17.2. The molecule has 0 amide bonds. The van der Waals surface area contributed by atoms with Crippen LogP contribution in [0, 0.1) is 11.8 Å². The van der Waals surface area contributed by atoms with Gasteiger partial charge < -0.3 is 10.2 Å². The number of anilines is 1. The zero-order valence-corrected chi connectivity index (χ0v) is 14.7. The van der Waals surface area contributed by atoms with Crippen molar-refractivity contribution in [3.05, 3.63) is 18.3 Å². The Morgan fingerprint density at radius 1 is 1.36 bits per heavy atom. The molecule has 22 heavy (non-hydrogen) atoms. The molecule has 0 spiro atoms. The van der Waals surface area contributed by atoms with E-state index < -0.39 is 9.84 Å². The van der Waals surface area contributed by atoms with Gasteiger partial charge in [-0.1, -0.05) is 13.8 Å². The molecule has 1 N–H and O–H groups in total. The van der Waals surface area contributed by atoms with Gasteiger partial charge in [0.2, 0.25) is 0 Å². The van der Waals surface area contributed by atoms with Gasteiger partial charge in [-0.15, -0.1) is 0 Å². The molecule has 0 radical (unpaired) electrons. The van der Waals surface area contributed by atoms with E-state index in [4.69, 9.17) is 0 Å².